The molecule has 1 N–H and O–H groups in total. The van der Waals surface area contributed by atoms with E-state index in [1.165, 1.54) is 6.08 Å². The maximum atomic E-state index is 12.3. The van der Waals surface area contributed by atoms with E-state index >= 15 is 0 Å². The molecule has 1 aliphatic rings. The van der Waals surface area contributed by atoms with Gasteiger partial charge in [-0.3, -0.25) is 4.79 Å². The van der Waals surface area contributed by atoms with Gasteiger partial charge in [0.1, 0.15) is 0 Å². The Balaban J connectivity index is 1.77. The highest BCUT2D eigenvalue weighted by Crippen LogP contribution is 2.36. The van der Waals surface area contributed by atoms with Gasteiger partial charge in [-0.05, 0) is 48.7 Å². The number of carbonyl (C=O) groups excluding carboxylic acids is 1. The van der Waals surface area contributed by atoms with Crippen LogP contribution in [0.15, 0.2) is 42.5 Å². The van der Waals surface area contributed by atoms with Crippen LogP contribution >= 0.6 is 34.8 Å². The number of nitrogens with zero attached hydrogens (tertiary/aromatic N) is 1. The lowest BCUT2D eigenvalue weighted by atomic mass is 10.2. The molecule has 1 aliphatic heterocycles. The van der Waals surface area contributed by atoms with Crippen LogP contribution in [0.4, 0.5) is 11.4 Å². The van der Waals surface area contributed by atoms with Crippen molar-refractivity contribution in [3.8, 4) is 0 Å². The zero-order valence-corrected chi connectivity index (χ0v) is 15.7. The molecular weight excluding hydrogens is 379 g/mol. The van der Waals surface area contributed by atoms with Crippen LogP contribution in [0, 0.1) is 0 Å². The van der Waals surface area contributed by atoms with E-state index in [0.29, 0.717) is 20.8 Å². The number of hydrogen-bond acceptors (Lipinski definition) is 2. The van der Waals surface area contributed by atoms with Gasteiger partial charge in [0, 0.05) is 29.2 Å². The summed E-state index contributed by atoms with van der Waals surface area (Å²) in [4.78, 5) is 14.5. The summed E-state index contributed by atoms with van der Waals surface area (Å²) in [6.07, 6.45) is 5.37. The Labute approximate surface area is 162 Å². The summed E-state index contributed by atoms with van der Waals surface area (Å²) in [5, 5.41) is 4.60. The topological polar surface area (TPSA) is 32.3 Å². The van der Waals surface area contributed by atoms with Crippen LogP contribution in [0.1, 0.15) is 18.4 Å². The van der Waals surface area contributed by atoms with Crippen molar-refractivity contribution < 1.29 is 4.79 Å². The maximum absolute atomic E-state index is 12.3. The number of para-hydroxylation sites is 1. The summed E-state index contributed by atoms with van der Waals surface area (Å²) in [7, 11) is 0. The fraction of sp³-hybridized carbons (Fsp3) is 0.211. The molecule has 0 saturated carbocycles. The first-order valence-corrected chi connectivity index (χ1v) is 9.15. The van der Waals surface area contributed by atoms with E-state index < -0.39 is 0 Å². The van der Waals surface area contributed by atoms with Gasteiger partial charge in [0.25, 0.3) is 0 Å². The number of carbonyl (C=O) groups is 1. The van der Waals surface area contributed by atoms with Crippen molar-refractivity contribution in [1.29, 1.82) is 0 Å². The molecular formula is C19H17Cl3N2O. The molecule has 0 spiro atoms. The number of halogens is 3. The summed E-state index contributed by atoms with van der Waals surface area (Å²) in [5.41, 5.74) is 2.33. The molecule has 2 aromatic carbocycles. The predicted molar refractivity (Wildman–Crippen MR) is 107 cm³/mol. The Morgan fingerprint density at radius 3 is 2.52 bits per heavy atom. The van der Waals surface area contributed by atoms with Gasteiger partial charge in [0.05, 0.1) is 16.4 Å². The third kappa shape index (κ3) is 4.49. The quantitative estimate of drug-likeness (QED) is 0.654. The number of amides is 1. The van der Waals surface area contributed by atoms with Crippen molar-refractivity contribution in [3.05, 3.63) is 63.1 Å². The molecule has 0 unspecified atom stereocenters. The molecule has 0 aromatic heterocycles. The molecule has 1 fully saturated rings. The lowest BCUT2D eigenvalue weighted by Crippen LogP contribution is -2.21. The summed E-state index contributed by atoms with van der Waals surface area (Å²) < 4.78 is 0. The van der Waals surface area contributed by atoms with Crippen molar-refractivity contribution in [2.75, 3.05) is 23.3 Å². The van der Waals surface area contributed by atoms with Gasteiger partial charge in [-0.2, -0.15) is 0 Å². The van der Waals surface area contributed by atoms with Crippen molar-refractivity contribution in [1.82, 2.24) is 0 Å². The molecule has 130 valence electrons. The zero-order chi connectivity index (χ0) is 17.8. The van der Waals surface area contributed by atoms with Gasteiger partial charge in [-0.25, -0.2) is 0 Å². The van der Waals surface area contributed by atoms with Crippen LogP contribution in [0.2, 0.25) is 15.1 Å². The predicted octanol–water partition coefficient (Wildman–Crippen LogP) is 5.90. The Bertz CT molecular complexity index is 814. The largest absolute Gasteiger partial charge is 0.369 e. The van der Waals surface area contributed by atoms with Crippen molar-refractivity contribution in [2.45, 2.75) is 12.8 Å². The van der Waals surface area contributed by atoms with Crippen LogP contribution in [0.25, 0.3) is 6.08 Å². The molecule has 25 heavy (non-hydrogen) atoms. The number of benzene rings is 2. The Hall–Kier alpha value is -1.68. The highest BCUT2D eigenvalue weighted by Gasteiger charge is 2.19. The fourth-order valence-corrected chi connectivity index (χ4v) is 3.62. The lowest BCUT2D eigenvalue weighted by Gasteiger charge is -2.22. The van der Waals surface area contributed by atoms with Crippen LogP contribution < -0.4 is 10.2 Å². The second-order valence-electron chi connectivity index (χ2n) is 5.82. The van der Waals surface area contributed by atoms with E-state index in [2.05, 4.69) is 10.2 Å². The molecule has 1 saturated heterocycles. The highest BCUT2D eigenvalue weighted by atomic mass is 35.5. The van der Waals surface area contributed by atoms with E-state index in [1.54, 1.807) is 24.3 Å². The molecule has 0 bridgehead atoms. The lowest BCUT2D eigenvalue weighted by molar-refractivity contribution is -0.111. The minimum atomic E-state index is -0.242. The van der Waals surface area contributed by atoms with E-state index in [-0.39, 0.29) is 5.91 Å². The zero-order valence-electron chi connectivity index (χ0n) is 13.4. The van der Waals surface area contributed by atoms with E-state index in [1.807, 2.05) is 18.2 Å². The summed E-state index contributed by atoms with van der Waals surface area (Å²) in [6.45, 7) is 1.89. The van der Waals surface area contributed by atoms with E-state index in [0.717, 1.165) is 37.2 Å². The van der Waals surface area contributed by atoms with Gasteiger partial charge in [-0.1, -0.05) is 46.9 Å². The molecule has 0 radical (unpaired) electrons. The maximum Gasteiger partial charge on any atom is 0.248 e. The monoisotopic (exact) mass is 394 g/mol. The molecule has 3 rings (SSSR count). The summed E-state index contributed by atoms with van der Waals surface area (Å²) in [6, 6.07) is 10.7. The minimum absolute atomic E-state index is 0.242. The third-order valence-electron chi connectivity index (χ3n) is 4.04. The van der Waals surface area contributed by atoms with Crippen LogP contribution in [0.3, 0.4) is 0 Å². The first-order chi connectivity index (χ1) is 12.0. The fourth-order valence-electron chi connectivity index (χ4n) is 2.85. The summed E-state index contributed by atoms with van der Waals surface area (Å²) in [5.74, 6) is -0.242. The highest BCUT2D eigenvalue weighted by molar-refractivity contribution is 6.35. The minimum Gasteiger partial charge on any atom is -0.369 e. The number of nitrogens with one attached hydrogen (secondary N) is 1. The van der Waals surface area contributed by atoms with Gasteiger partial charge < -0.3 is 10.2 Å². The SMILES string of the molecule is O=C(C=Cc1ccc(Cl)cc1Cl)Nc1cccc(Cl)c1N1CCCC1. The second-order valence-corrected chi connectivity index (χ2v) is 7.07. The van der Waals surface area contributed by atoms with Crippen LogP contribution in [-0.4, -0.2) is 19.0 Å². The molecule has 3 nitrogen and oxygen atoms in total. The Kier molecular flexibility index (Phi) is 5.89. The van der Waals surface area contributed by atoms with Crippen molar-refractivity contribution in [3.63, 3.8) is 0 Å². The first-order valence-electron chi connectivity index (χ1n) is 8.02. The number of hydrogen-bond donors (Lipinski definition) is 1. The van der Waals surface area contributed by atoms with E-state index in [9.17, 15) is 4.79 Å². The standard InChI is InChI=1S/C19H17Cl3N2O/c20-14-8-6-13(16(22)12-14)7-9-18(25)23-17-5-3-4-15(21)19(17)24-10-1-2-11-24/h3-9,12H,1-2,10-11H2,(H,23,25). The second kappa shape index (κ2) is 8.13. The van der Waals surface area contributed by atoms with Gasteiger partial charge in [0.15, 0.2) is 0 Å². The molecule has 0 aliphatic carbocycles. The van der Waals surface area contributed by atoms with Crippen LogP contribution in [-0.2, 0) is 4.79 Å². The molecule has 6 heteroatoms. The molecule has 2 aromatic rings. The number of rotatable bonds is 4. The van der Waals surface area contributed by atoms with E-state index in [4.69, 9.17) is 34.8 Å². The van der Waals surface area contributed by atoms with Crippen molar-refractivity contribution >= 4 is 58.2 Å². The van der Waals surface area contributed by atoms with Crippen molar-refractivity contribution in [2.24, 2.45) is 0 Å². The molecule has 1 heterocycles. The third-order valence-corrected chi connectivity index (χ3v) is 4.91. The molecule has 0 atom stereocenters. The average molecular weight is 396 g/mol. The normalized spacial score (nSPS) is 14.3. The first kappa shape index (κ1) is 18.1. The molecule has 1 amide bonds. The number of anilines is 2. The summed E-state index contributed by atoms with van der Waals surface area (Å²) >= 11 is 18.4. The van der Waals surface area contributed by atoms with Crippen LogP contribution in [0.5, 0.6) is 0 Å². The van der Waals surface area contributed by atoms with Gasteiger partial charge >= 0.3 is 0 Å². The Morgan fingerprint density at radius 1 is 1.04 bits per heavy atom. The van der Waals surface area contributed by atoms with Gasteiger partial charge in [-0.15, -0.1) is 0 Å². The Morgan fingerprint density at radius 2 is 1.80 bits per heavy atom. The smallest absolute Gasteiger partial charge is 0.248 e. The van der Waals surface area contributed by atoms with Gasteiger partial charge in [0.2, 0.25) is 5.91 Å². The average Bonchev–Trinajstić information content (AvgIpc) is 3.08.